The van der Waals surface area contributed by atoms with E-state index < -0.39 is 33.7 Å². The van der Waals surface area contributed by atoms with Crippen LogP contribution < -0.4 is 0 Å². The highest BCUT2D eigenvalue weighted by molar-refractivity contribution is 7.87. The van der Waals surface area contributed by atoms with E-state index in [-0.39, 0.29) is 0 Å². The average molecular weight is 384 g/mol. The minimum Gasteiger partial charge on any atom is -0.481 e. The lowest BCUT2D eigenvalue weighted by atomic mass is 10.1. The van der Waals surface area contributed by atoms with E-state index in [1.54, 1.807) is 0 Å². The normalized spacial score (nSPS) is 12.1. The molecule has 4 N–H and O–H groups in total. The minimum absolute atomic E-state index is 0.372. The number of aliphatic hydroxyl groups is 1. The van der Waals surface area contributed by atoms with Gasteiger partial charge in [-0.25, -0.2) is 0 Å². The number of carbonyl (C=O) groups is 2. The lowest BCUT2D eigenvalue weighted by Gasteiger charge is -2.04. The number of carboxylic acid groups (broad SMARTS) is 2. The molecule has 0 aromatic heterocycles. The Morgan fingerprint density at radius 1 is 0.840 bits per heavy atom. The Morgan fingerprint density at radius 2 is 1.24 bits per heavy atom. The maximum atomic E-state index is 10.2. The Morgan fingerprint density at radius 3 is 1.48 bits per heavy atom. The molecule has 0 radical (unpaired) electrons. The number of carboxylic acids is 2. The first-order chi connectivity index (χ1) is 11.7. The first-order valence-electron chi connectivity index (χ1n) is 8.68. The molecule has 0 bridgehead atoms. The van der Waals surface area contributed by atoms with Gasteiger partial charge in [0.1, 0.15) is 0 Å². The lowest BCUT2D eigenvalue weighted by Crippen LogP contribution is -2.31. The van der Waals surface area contributed by atoms with Crippen LogP contribution in [0.1, 0.15) is 77.6 Å². The third-order valence-electron chi connectivity index (χ3n) is 3.51. The maximum absolute atomic E-state index is 10.2. The highest BCUT2D eigenvalue weighted by Gasteiger charge is 2.33. The Balaban J connectivity index is 0. The smallest absolute Gasteiger partial charge is 0.325 e. The molecule has 0 aliphatic rings. The molecule has 9 heteroatoms. The van der Waals surface area contributed by atoms with Crippen LogP contribution >= 0.6 is 0 Å². The van der Waals surface area contributed by atoms with Crippen LogP contribution in [0.3, 0.4) is 0 Å². The van der Waals surface area contributed by atoms with Gasteiger partial charge in [0.05, 0.1) is 6.42 Å². The Labute approximate surface area is 150 Å². The van der Waals surface area contributed by atoms with Crippen molar-refractivity contribution in [3.63, 3.8) is 0 Å². The predicted molar refractivity (Wildman–Crippen MR) is 94.2 cm³/mol. The van der Waals surface area contributed by atoms with Crippen LogP contribution in [0.4, 0.5) is 0 Å². The molecule has 25 heavy (non-hydrogen) atoms. The summed E-state index contributed by atoms with van der Waals surface area (Å²) in [6.45, 7) is 2.63. The van der Waals surface area contributed by atoms with Crippen LogP contribution in [0.2, 0.25) is 0 Å². The summed E-state index contributed by atoms with van der Waals surface area (Å²) in [7, 11) is -4.84. The monoisotopic (exact) mass is 384 g/mol. The molecule has 0 aliphatic heterocycles. The van der Waals surface area contributed by atoms with E-state index in [0.717, 1.165) is 6.42 Å². The number of aliphatic carboxylic acids is 2. The van der Waals surface area contributed by atoms with Gasteiger partial charge in [0.15, 0.2) is 5.25 Å². The summed E-state index contributed by atoms with van der Waals surface area (Å²) in [5, 5.41) is 22.5. The van der Waals surface area contributed by atoms with Gasteiger partial charge >= 0.3 is 11.9 Å². The zero-order valence-electron chi connectivity index (χ0n) is 14.9. The molecule has 0 rings (SSSR count). The van der Waals surface area contributed by atoms with Crippen molar-refractivity contribution in [1.82, 2.24) is 0 Å². The second-order valence-electron chi connectivity index (χ2n) is 5.85. The van der Waals surface area contributed by atoms with Gasteiger partial charge in [0.2, 0.25) is 0 Å². The molecule has 150 valence electrons. The highest BCUT2D eigenvalue weighted by atomic mass is 32.2. The van der Waals surface area contributed by atoms with Gasteiger partial charge in [-0.1, -0.05) is 64.7 Å². The van der Waals surface area contributed by atoms with Crippen molar-refractivity contribution in [3.8, 4) is 0 Å². The van der Waals surface area contributed by atoms with Gasteiger partial charge in [0.25, 0.3) is 10.1 Å². The van der Waals surface area contributed by atoms with E-state index >= 15 is 0 Å². The second kappa shape index (κ2) is 16.3. The van der Waals surface area contributed by atoms with E-state index in [4.69, 9.17) is 19.9 Å². The van der Waals surface area contributed by atoms with Gasteiger partial charge in [-0.2, -0.15) is 8.42 Å². The molecule has 0 heterocycles. The molecule has 0 saturated heterocycles. The molecule has 0 aliphatic carbocycles. The van der Waals surface area contributed by atoms with Crippen molar-refractivity contribution in [2.45, 2.75) is 82.8 Å². The van der Waals surface area contributed by atoms with Crippen molar-refractivity contribution in [2.75, 3.05) is 6.61 Å². The lowest BCUT2D eigenvalue weighted by molar-refractivity contribution is -0.143. The number of hydrogen-bond donors (Lipinski definition) is 4. The summed E-state index contributed by atoms with van der Waals surface area (Å²) >= 11 is 0. The summed E-state index contributed by atoms with van der Waals surface area (Å²) in [4.78, 5) is 20.0. The molecule has 0 fully saturated rings. The standard InChI is InChI=1S/C12H26O.C4H6O7S/c1-2-3-4-5-6-7-8-9-10-11-12-13;5-3(6)1-2(4(7)8)12(9,10)11/h13H,2-12H2,1H3;2H,1H2,(H,5,6)(H,7,8)(H,9,10,11). The van der Waals surface area contributed by atoms with Crippen LogP contribution in [-0.2, 0) is 19.7 Å². The van der Waals surface area contributed by atoms with Crippen LogP contribution in [0.25, 0.3) is 0 Å². The maximum Gasteiger partial charge on any atom is 0.325 e. The van der Waals surface area contributed by atoms with Crippen molar-refractivity contribution >= 4 is 22.1 Å². The van der Waals surface area contributed by atoms with Crippen LogP contribution in [0, 0.1) is 0 Å². The van der Waals surface area contributed by atoms with Gasteiger partial charge in [-0.15, -0.1) is 0 Å². The van der Waals surface area contributed by atoms with Crippen molar-refractivity contribution in [3.05, 3.63) is 0 Å². The van der Waals surface area contributed by atoms with Gasteiger partial charge in [-0.05, 0) is 6.42 Å². The van der Waals surface area contributed by atoms with E-state index in [0.29, 0.717) is 6.61 Å². The van der Waals surface area contributed by atoms with E-state index in [1.165, 1.54) is 57.8 Å². The van der Waals surface area contributed by atoms with Crippen LogP contribution in [-0.4, -0.2) is 52.1 Å². The number of rotatable bonds is 14. The van der Waals surface area contributed by atoms with Gasteiger partial charge in [0, 0.05) is 6.61 Å². The molecule has 1 atom stereocenters. The van der Waals surface area contributed by atoms with Crippen molar-refractivity contribution in [2.24, 2.45) is 0 Å². The Hall–Kier alpha value is -1.19. The number of hydrogen-bond acceptors (Lipinski definition) is 5. The molecule has 8 nitrogen and oxygen atoms in total. The minimum atomic E-state index is -4.84. The van der Waals surface area contributed by atoms with Gasteiger partial charge in [-0.3, -0.25) is 14.1 Å². The molecule has 0 aromatic rings. The van der Waals surface area contributed by atoms with E-state index in [1.807, 2.05) is 0 Å². The molecule has 1 unspecified atom stereocenters. The van der Waals surface area contributed by atoms with Crippen molar-refractivity contribution < 1.29 is 37.9 Å². The third kappa shape index (κ3) is 19.0. The first-order valence-corrected chi connectivity index (χ1v) is 10.2. The number of unbranched alkanes of at least 4 members (excludes halogenated alkanes) is 9. The summed E-state index contributed by atoms with van der Waals surface area (Å²) in [5.41, 5.74) is 0. The van der Waals surface area contributed by atoms with Gasteiger partial charge < -0.3 is 15.3 Å². The SMILES string of the molecule is CCCCCCCCCCCCO.O=C(O)CC(C(=O)O)S(=O)(=O)O. The van der Waals surface area contributed by atoms with Crippen molar-refractivity contribution in [1.29, 1.82) is 0 Å². The Kier molecular flexibility index (Phi) is 17.0. The number of aliphatic hydroxyl groups excluding tert-OH is 1. The molecular weight excluding hydrogens is 352 g/mol. The topological polar surface area (TPSA) is 149 Å². The molecule has 0 aromatic carbocycles. The fourth-order valence-corrected chi connectivity index (χ4v) is 2.69. The largest absolute Gasteiger partial charge is 0.481 e. The van der Waals surface area contributed by atoms with E-state index in [9.17, 15) is 18.0 Å². The summed E-state index contributed by atoms with van der Waals surface area (Å²) in [6, 6.07) is 0. The fourth-order valence-electron chi connectivity index (χ4n) is 2.08. The predicted octanol–water partition coefficient (Wildman–Crippen LogP) is 2.70. The first kappa shape index (κ1) is 26.0. The summed E-state index contributed by atoms with van der Waals surface area (Å²) in [5.74, 6) is -3.50. The van der Waals surface area contributed by atoms with Crippen LogP contribution in [0.15, 0.2) is 0 Å². The molecular formula is C16H32O8S. The third-order valence-corrected chi connectivity index (χ3v) is 4.59. The quantitative estimate of drug-likeness (QED) is 0.264. The second-order valence-corrected chi connectivity index (χ2v) is 7.44. The fraction of sp³-hybridized carbons (Fsp3) is 0.875. The summed E-state index contributed by atoms with van der Waals surface area (Å²) < 4.78 is 28.7. The zero-order chi connectivity index (χ0) is 19.7. The van der Waals surface area contributed by atoms with E-state index in [2.05, 4.69) is 6.92 Å². The molecule has 0 amide bonds. The highest BCUT2D eigenvalue weighted by Crippen LogP contribution is 2.10. The zero-order valence-corrected chi connectivity index (χ0v) is 15.7. The Bertz CT molecular complexity index is 437. The van der Waals surface area contributed by atoms with Crippen LogP contribution in [0.5, 0.6) is 0 Å². The average Bonchev–Trinajstić information content (AvgIpc) is 2.50. The molecule has 0 spiro atoms. The summed E-state index contributed by atoms with van der Waals surface area (Å²) in [6.07, 6.45) is 12.1. The molecule has 0 saturated carbocycles.